The van der Waals surface area contributed by atoms with Crippen molar-refractivity contribution in [2.75, 3.05) is 25.9 Å². The van der Waals surface area contributed by atoms with Crippen molar-refractivity contribution in [1.29, 1.82) is 0 Å². The van der Waals surface area contributed by atoms with Gasteiger partial charge in [0, 0.05) is 59.8 Å². The molecule has 2 unspecified atom stereocenters. The van der Waals surface area contributed by atoms with Crippen LogP contribution < -0.4 is 11.5 Å². The fourth-order valence-electron chi connectivity index (χ4n) is 4.06. The van der Waals surface area contributed by atoms with Gasteiger partial charge in [0.25, 0.3) is 0 Å². The number of carbonyl (C=O) groups is 1. The molecule has 0 bridgehead atoms. The Kier molecular flexibility index (Phi) is 7.46. The summed E-state index contributed by atoms with van der Waals surface area (Å²) in [5.74, 6) is 1.42. The van der Waals surface area contributed by atoms with E-state index in [1.54, 1.807) is 18.2 Å². The van der Waals surface area contributed by atoms with E-state index in [-0.39, 0.29) is 5.75 Å². The number of hydrogen-bond donors (Lipinski definition) is 4. The molecule has 1 aliphatic heterocycles. The Balaban J connectivity index is 0.000000668. The molecule has 0 aliphatic carbocycles. The maximum atomic E-state index is 10.0. The number of carbonyl (C=O) groups excluding carboxylic acids is 1. The molecule has 166 valence electrons. The highest BCUT2D eigenvalue weighted by Crippen LogP contribution is 2.39. The molecule has 7 nitrogen and oxygen atoms in total. The fourth-order valence-corrected chi connectivity index (χ4v) is 4.06. The molecule has 1 saturated heterocycles. The predicted octanol–water partition coefficient (Wildman–Crippen LogP) is 3.34. The number of phenolic OH excluding ortho intramolecular Hbond substituents is 1. The van der Waals surface area contributed by atoms with Crippen LogP contribution in [0, 0.1) is 0 Å². The average Bonchev–Trinajstić information content (AvgIpc) is 3.37. The van der Waals surface area contributed by atoms with Crippen LogP contribution in [0.15, 0.2) is 67.5 Å². The SMILES string of the molecule is C=CC=O.CN1CC(c2ccncc2)C(c2cc(/C=C(\N)c3ccccc3O)c(N)[nH]2)C1. The molecule has 1 fully saturated rings. The number of anilines is 1. The lowest BCUT2D eigenvalue weighted by Gasteiger charge is -2.17. The van der Waals surface area contributed by atoms with Crippen molar-refractivity contribution in [2.24, 2.45) is 5.73 Å². The van der Waals surface area contributed by atoms with Gasteiger partial charge in [-0.2, -0.15) is 0 Å². The molecule has 2 atom stereocenters. The molecule has 7 heteroatoms. The maximum Gasteiger partial charge on any atom is 0.142 e. The topological polar surface area (TPSA) is 121 Å². The average molecular weight is 432 g/mol. The van der Waals surface area contributed by atoms with Crippen molar-refractivity contribution in [1.82, 2.24) is 14.9 Å². The van der Waals surface area contributed by atoms with Crippen LogP contribution in [0.5, 0.6) is 5.75 Å². The third kappa shape index (κ3) is 5.25. The van der Waals surface area contributed by atoms with Crippen molar-refractivity contribution >= 4 is 23.9 Å². The van der Waals surface area contributed by atoms with Crippen LogP contribution in [0.1, 0.15) is 34.2 Å². The van der Waals surface area contributed by atoms with Gasteiger partial charge in [-0.3, -0.25) is 9.78 Å². The van der Waals surface area contributed by atoms with Gasteiger partial charge in [0.15, 0.2) is 0 Å². The van der Waals surface area contributed by atoms with E-state index in [1.165, 1.54) is 11.6 Å². The largest absolute Gasteiger partial charge is 0.507 e. The number of benzene rings is 1. The molecule has 2 aromatic heterocycles. The molecule has 0 spiro atoms. The number of aromatic hydroxyl groups is 1. The molecule has 3 heterocycles. The Hall–Kier alpha value is -3.84. The van der Waals surface area contributed by atoms with Crippen molar-refractivity contribution in [3.63, 3.8) is 0 Å². The molecule has 1 aliphatic rings. The zero-order chi connectivity index (χ0) is 23.1. The lowest BCUT2D eigenvalue weighted by molar-refractivity contribution is -0.104. The monoisotopic (exact) mass is 431 g/mol. The van der Waals surface area contributed by atoms with Crippen molar-refractivity contribution < 1.29 is 9.90 Å². The first kappa shape index (κ1) is 22.8. The van der Waals surface area contributed by atoms with E-state index in [0.717, 1.165) is 24.3 Å². The van der Waals surface area contributed by atoms with E-state index in [1.807, 2.05) is 24.5 Å². The summed E-state index contributed by atoms with van der Waals surface area (Å²) in [6.07, 6.45) is 7.33. The van der Waals surface area contributed by atoms with Gasteiger partial charge >= 0.3 is 0 Å². The van der Waals surface area contributed by atoms with E-state index in [2.05, 4.69) is 46.7 Å². The summed E-state index contributed by atoms with van der Waals surface area (Å²) in [5.41, 5.74) is 16.8. The highest BCUT2D eigenvalue weighted by atomic mass is 16.3. The molecule has 0 radical (unpaired) electrons. The van der Waals surface area contributed by atoms with Gasteiger partial charge < -0.3 is 26.5 Å². The van der Waals surface area contributed by atoms with Gasteiger partial charge in [-0.1, -0.05) is 18.7 Å². The number of rotatable bonds is 5. The standard InChI is InChI=1S/C22H25N5O.C3H4O/c1-27-12-17(14-6-8-25-9-7-14)18(13-27)20-11-15(22(24)26-20)10-19(23)16-4-2-3-5-21(16)28;1-2-3-4/h2-11,17-18,26,28H,12-13,23-24H2,1H3;2-3H,1H2/b19-10-;. The van der Waals surface area contributed by atoms with Gasteiger partial charge in [-0.05, 0) is 55.1 Å². The first-order chi connectivity index (χ1) is 15.4. The predicted molar refractivity (Wildman–Crippen MR) is 129 cm³/mol. The number of nitrogens with one attached hydrogen (secondary N) is 1. The van der Waals surface area contributed by atoms with Crippen LogP contribution in [-0.2, 0) is 4.79 Å². The van der Waals surface area contributed by atoms with Crippen LogP contribution in [0.2, 0.25) is 0 Å². The summed E-state index contributed by atoms with van der Waals surface area (Å²) in [6, 6.07) is 13.3. The molecule has 0 amide bonds. The zero-order valence-electron chi connectivity index (χ0n) is 18.1. The lowest BCUT2D eigenvalue weighted by Crippen LogP contribution is -2.13. The summed E-state index contributed by atoms with van der Waals surface area (Å²) in [5, 5.41) is 10.0. The minimum Gasteiger partial charge on any atom is -0.507 e. The van der Waals surface area contributed by atoms with Gasteiger partial charge in [0.1, 0.15) is 17.9 Å². The first-order valence-electron chi connectivity index (χ1n) is 10.3. The smallest absolute Gasteiger partial charge is 0.142 e. The van der Waals surface area contributed by atoms with Gasteiger partial charge in [-0.25, -0.2) is 0 Å². The number of nitrogen functional groups attached to an aromatic ring is 1. The van der Waals surface area contributed by atoms with E-state index in [9.17, 15) is 5.11 Å². The second-order valence-electron chi connectivity index (χ2n) is 7.80. The molecule has 4 rings (SSSR count). The Morgan fingerprint density at radius 2 is 1.88 bits per heavy atom. The number of nitrogens with two attached hydrogens (primary N) is 2. The number of H-pyrrole nitrogens is 1. The number of pyridine rings is 1. The van der Waals surface area contributed by atoms with E-state index in [0.29, 0.717) is 35.2 Å². The van der Waals surface area contributed by atoms with Crippen LogP contribution in [0.3, 0.4) is 0 Å². The highest BCUT2D eigenvalue weighted by molar-refractivity contribution is 5.84. The highest BCUT2D eigenvalue weighted by Gasteiger charge is 2.34. The van der Waals surface area contributed by atoms with Crippen LogP contribution >= 0.6 is 0 Å². The third-order valence-electron chi connectivity index (χ3n) is 5.56. The molecular weight excluding hydrogens is 402 g/mol. The molecule has 3 aromatic rings. The Bertz CT molecular complexity index is 1080. The number of likely N-dealkylation sites (N-methyl/N-ethyl adjacent to an activating group) is 1. The number of hydrogen-bond acceptors (Lipinski definition) is 6. The van der Waals surface area contributed by atoms with E-state index in [4.69, 9.17) is 16.3 Å². The second-order valence-corrected chi connectivity index (χ2v) is 7.80. The zero-order valence-corrected chi connectivity index (χ0v) is 18.1. The summed E-state index contributed by atoms with van der Waals surface area (Å²) >= 11 is 0. The first-order valence-corrected chi connectivity index (χ1v) is 10.3. The number of para-hydroxylation sites is 1. The van der Waals surface area contributed by atoms with Crippen molar-refractivity contribution in [2.45, 2.75) is 11.8 Å². The molecule has 1 aromatic carbocycles. The van der Waals surface area contributed by atoms with Crippen molar-refractivity contribution in [3.8, 4) is 5.75 Å². The minimum atomic E-state index is 0.153. The summed E-state index contributed by atoms with van der Waals surface area (Å²) < 4.78 is 0. The molecule has 32 heavy (non-hydrogen) atoms. The van der Waals surface area contributed by atoms with Gasteiger partial charge in [-0.15, -0.1) is 0 Å². The van der Waals surface area contributed by atoms with Gasteiger partial charge in [0.2, 0.25) is 0 Å². The molecule has 0 saturated carbocycles. The Morgan fingerprint density at radius 3 is 2.53 bits per heavy atom. The van der Waals surface area contributed by atoms with Crippen LogP contribution in [0.4, 0.5) is 5.82 Å². The van der Waals surface area contributed by atoms with E-state index >= 15 is 0 Å². The number of aromatic amines is 1. The Morgan fingerprint density at radius 1 is 1.22 bits per heavy atom. The molecular formula is C25H29N5O2. The molecule has 6 N–H and O–H groups in total. The third-order valence-corrected chi connectivity index (χ3v) is 5.56. The van der Waals surface area contributed by atoms with E-state index < -0.39 is 0 Å². The van der Waals surface area contributed by atoms with Gasteiger partial charge in [0.05, 0.1) is 0 Å². The van der Waals surface area contributed by atoms with Crippen LogP contribution in [-0.4, -0.2) is 46.4 Å². The summed E-state index contributed by atoms with van der Waals surface area (Å²) in [7, 11) is 2.14. The number of aldehydes is 1. The summed E-state index contributed by atoms with van der Waals surface area (Å²) in [6.45, 7) is 5.05. The number of aromatic nitrogens is 2. The lowest BCUT2D eigenvalue weighted by atomic mass is 9.87. The number of nitrogens with zero attached hydrogens (tertiary/aromatic N) is 2. The second kappa shape index (κ2) is 10.5. The number of allylic oxidation sites excluding steroid dienone is 1. The quantitative estimate of drug-likeness (QED) is 0.363. The maximum absolute atomic E-state index is 10.0. The number of likely N-dealkylation sites (tertiary alicyclic amines) is 1. The minimum absolute atomic E-state index is 0.153. The van der Waals surface area contributed by atoms with Crippen LogP contribution in [0.25, 0.3) is 11.8 Å². The normalized spacial score (nSPS) is 18.6. The Labute approximate surface area is 188 Å². The summed E-state index contributed by atoms with van der Waals surface area (Å²) in [4.78, 5) is 18.9. The number of phenols is 1. The van der Waals surface area contributed by atoms with Crippen molar-refractivity contribution in [3.05, 3.63) is 89.9 Å². The fraction of sp³-hybridized carbons (Fsp3) is 0.200.